The fourth-order valence-corrected chi connectivity index (χ4v) is 3.07. The van der Waals surface area contributed by atoms with Crippen LogP contribution in [0, 0.1) is 11.3 Å². The van der Waals surface area contributed by atoms with Crippen molar-refractivity contribution in [2.45, 2.75) is 18.6 Å². The van der Waals surface area contributed by atoms with Gasteiger partial charge in [0.25, 0.3) is 0 Å². The molecule has 0 saturated heterocycles. The van der Waals surface area contributed by atoms with Crippen molar-refractivity contribution in [3.05, 3.63) is 113 Å². The molecule has 0 amide bonds. The van der Waals surface area contributed by atoms with Gasteiger partial charge in [-0.3, -0.25) is 4.99 Å². The third-order valence-electron chi connectivity index (χ3n) is 4.71. The highest BCUT2D eigenvalue weighted by Crippen LogP contribution is 2.30. The van der Waals surface area contributed by atoms with E-state index < -0.39 is 11.7 Å². The highest BCUT2D eigenvalue weighted by Gasteiger charge is 2.30. The van der Waals surface area contributed by atoms with Crippen molar-refractivity contribution in [3.8, 4) is 6.07 Å². The molecule has 0 heterocycles. The fourth-order valence-electron chi connectivity index (χ4n) is 3.07. The van der Waals surface area contributed by atoms with E-state index >= 15 is 0 Å². The summed E-state index contributed by atoms with van der Waals surface area (Å²) in [4.78, 5) is 4.63. The van der Waals surface area contributed by atoms with E-state index in [1.165, 1.54) is 12.1 Å². The van der Waals surface area contributed by atoms with Gasteiger partial charge in [0.2, 0.25) is 0 Å². The molecule has 0 unspecified atom stereocenters. The molecule has 1 atom stereocenters. The summed E-state index contributed by atoms with van der Waals surface area (Å²) in [6.07, 6.45) is -2.13. The Labute approximate surface area is 173 Å². The summed E-state index contributed by atoms with van der Waals surface area (Å²) in [6.45, 7) is 3.75. The van der Waals surface area contributed by atoms with Crippen LogP contribution in [0.25, 0.3) is 6.08 Å². The zero-order valence-corrected chi connectivity index (χ0v) is 16.1. The Balaban J connectivity index is 1.99. The van der Waals surface area contributed by atoms with Gasteiger partial charge in [-0.2, -0.15) is 18.4 Å². The molecule has 0 bridgehead atoms. The molecule has 0 fully saturated rings. The van der Waals surface area contributed by atoms with Gasteiger partial charge in [0.05, 0.1) is 11.6 Å². The second-order valence-corrected chi connectivity index (χ2v) is 6.74. The number of hydrogen-bond donors (Lipinski definition) is 0. The third kappa shape index (κ3) is 5.24. The molecular weight excluding hydrogens is 385 g/mol. The summed E-state index contributed by atoms with van der Waals surface area (Å²) >= 11 is 0. The molecule has 0 saturated carbocycles. The van der Waals surface area contributed by atoms with Crippen LogP contribution in [0.1, 0.15) is 33.9 Å². The van der Waals surface area contributed by atoms with Gasteiger partial charge < -0.3 is 0 Å². The van der Waals surface area contributed by atoms with Crippen LogP contribution >= 0.6 is 0 Å². The quantitative estimate of drug-likeness (QED) is 0.424. The minimum atomic E-state index is -4.43. The maximum absolute atomic E-state index is 12.8. The van der Waals surface area contributed by atoms with Crippen LogP contribution < -0.4 is 0 Å². The number of halogens is 3. The number of rotatable bonds is 6. The van der Waals surface area contributed by atoms with Crippen molar-refractivity contribution in [1.29, 1.82) is 5.26 Å². The lowest BCUT2D eigenvalue weighted by atomic mass is 9.97. The lowest BCUT2D eigenvalue weighted by molar-refractivity contribution is -0.137. The monoisotopic (exact) mass is 404 g/mol. The second-order valence-electron chi connectivity index (χ2n) is 6.74. The van der Waals surface area contributed by atoms with Crippen molar-refractivity contribution in [3.63, 3.8) is 0 Å². The molecule has 0 N–H and O–H groups in total. The molecule has 3 aromatic rings. The fraction of sp³-hybridized carbons (Fsp3) is 0.120. The number of nitriles is 1. The average molecular weight is 404 g/mol. The lowest BCUT2D eigenvalue weighted by Gasteiger charge is -2.15. The molecule has 0 radical (unpaired) electrons. The van der Waals surface area contributed by atoms with E-state index in [9.17, 15) is 18.4 Å². The van der Waals surface area contributed by atoms with Crippen LogP contribution in [0.4, 0.5) is 13.2 Å². The maximum atomic E-state index is 12.8. The van der Waals surface area contributed by atoms with Crippen molar-refractivity contribution in [2.75, 3.05) is 0 Å². The first kappa shape index (κ1) is 21.1. The molecule has 3 aromatic carbocycles. The normalized spacial score (nSPS) is 12.8. The topological polar surface area (TPSA) is 36.1 Å². The van der Waals surface area contributed by atoms with Crippen LogP contribution in [0.15, 0.2) is 90.4 Å². The van der Waals surface area contributed by atoms with Crippen molar-refractivity contribution in [1.82, 2.24) is 0 Å². The highest BCUT2D eigenvalue weighted by atomic mass is 19.4. The molecule has 0 aromatic heterocycles. The van der Waals surface area contributed by atoms with Crippen molar-refractivity contribution < 1.29 is 13.2 Å². The maximum Gasteiger partial charge on any atom is 0.416 e. The average Bonchev–Trinajstić information content (AvgIpc) is 2.77. The molecule has 2 nitrogen and oxygen atoms in total. The summed E-state index contributed by atoms with van der Waals surface area (Å²) in [7, 11) is 0. The Morgan fingerprint density at radius 1 is 0.967 bits per heavy atom. The minimum Gasteiger partial charge on any atom is -0.265 e. The smallest absolute Gasteiger partial charge is 0.265 e. The molecule has 3 rings (SSSR count). The van der Waals surface area contributed by atoms with E-state index in [1.807, 2.05) is 60.7 Å². The van der Waals surface area contributed by atoms with Crippen LogP contribution in [0.3, 0.4) is 0 Å². The van der Waals surface area contributed by atoms with Crippen LogP contribution in [-0.2, 0) is 12.6 Å². The number of nitrogens with zero attached hydrogens (tertiary/aromatic N) is 2. The number of benzene rings is 3. The number of hydrogen-bond acceptors (Lipinski definition) is 2. The van der Waals surface area contributed by atoms with Gasteiger partial charge in [0, 0.05) is 5.56 Å². The first-order valence-corrected chi connectivity index (χ1v) is 9.32. The molecular formula is C25H19F3N2. The number of alkyl halides is 3. The van der Waals surface area contributed by atoms with Gasteiger partial charge in [0.1, 0.15) is 11.8 Å². The Bertz CT molecular complexity index is 1060. The van der Waals surface area contributed by atoms with Gasteiger partial charge in [-0.1, -0.05) is 79.4 Å². The Kier molecular flexibility index (Phi) is 6.48. The molecule has 0 aliphatic heterocycles. The SMILES string of the molecule is C=Cc1ccc([C@@H](Cc2ccccc2)/N=C(\C#N)c2ccc(C(F)(F)F)cc2)cc1. The lowest BCUT2D eigenvalue weighted by Crippen LogP contribution is -2.08. The van der Waals surface area contributed by atoms with Gasteiger partial charge in [0.15, 0.2) is 0 Å². The number of aliphatic imine (C=N–C) groups is 1. The standard InChI is InChI=1S/C25H19F3N2/c1-2-18-8-10-20(11-9-18)23(16-19-6-4-3-5-7-19)30-24(17-29)21-12-14-22(15-13-21)25(26,27)28/h2-15,23H,1,16H2/b30-24+/t23-/m1/s1. The summed E-state index contributed by atoms with van der Waals surface area (Å²) in [5.41, 5.74) is 2.60. The van der Waals surface area contributed by atoms with Crippen LogP contribution in [0.2, 0.25) is 0 Å². The van der Waals surface area contributed by atoms with Crippen molar-refractivity contribution >= 4 is 11.8 Å². The molecule has 150 valence electrons. The molecule has 5 heteroatoms. The summed E-state index contributed by atoms with van der Waals surface area (Å²) < 4.78 is 38.5. The Morgan fingerprint density at radius 2 is 1.60 bits per heavy atom. The summed E-state index contributed by atoms with van der Waals surface area (Å²) in [5, 5.41) is 9.64. The zero-order chi connectivity index (χ0) is 21.6. The summed E-state index contributed by atoms with van der Waals surface area (Å²) in [6, 6.07) is 23.6. The molecule has 0 aliphatic carbocycles. The molecule has 0 spiro atoms. The van der Waals surface area contributed by atoms with Crippen molar-refractivity contribution in [2.24, 2.45) is 4.99 Å². The Hall–Kier alpha value is -3.65. The predicted octanol–water partition coefficient (Wildman–Crippen LogP) is 6.65. The second kappa shape index (κ2) is 9.23. The zero-order valence-electron chi connectivity index (χ0n) is 16.1. The van der Waals surface area contributed by atoms with Gasteiger partial charge in [-0.15, -0.1) is 0 Å². The van der Waals surface area contributed by atoms with Crippen LogP contribution in [0.5, 0.6) is 0 Å². The highest BCUT2D eigenvalue weighted by molar-refractivity contribution is 6.11. The Morgan fingerprint density at radius 3 is 2.13 bits per heavy atom. The van der Waals surface area contributed by atoms with Gasteiger partial charge in [-0.05, 0) is 35.2 Å². The van der Waals surface area contributed by atoms with Crippen LogP contribution in [-0.4, -0.2) is 5.71 Å². The largest absolute Gasteiger partial charge is 0.416 e. The van der Waals surface area contributed by atoms with E-state index in [1.54, 1.807) is 6.08 Å². The third-order valence-corrected chi connectivity index (χ3v) is 4.71. The van der Waals surface area contributed by atoms with E-state index in [2.05, 4.69) is 11.6 Å². The molecule has 30 heavy (non-hydrogen) atoms. The van der Waals surface area contributed by atoms with Gasteiger partial charge in [-0.25, -0.2) is 0 Å². The van der Waals surface area contributed by atoms with E-state index in [0.717, 1.165) is 28.8 Å². The molecule has 0 aliphatic rings. The van der Waals surface area contributed by atoms with E-state index in [4.69, 9.17) is 0 Å². The summed E-state index contributed by atoms with van der Waals surface area (Å²) in [5.74, 6) is 0. The predicted molar refractivity (Wildman–Crippen MR) is 113 cm³/mol. The van der Waals surface area contributed by atoms with E-state index in [0.29, 0.717) is 12.0 Å². The van der Waals surface area contributed by atoms with Gasteiger partial charge >= 0.3 is 6.18 Å². The van der Waals surface area contributed by atoms with E-state index in [-0.39, 0.29) is 11.8 Å². The minimum absolute atomic E-state index is 0.0949. The first-order chi connectivity index (χ1) is 14.4. The first-order valence-electron chi connectivity index (χ1n) is 9.32.